The van der Waals surface area contributed by atoms with E-state index in [1.54, 1.807) is 5.57 Å². The molecule has 120 valence electrons. The summed E-state index contributed by atoms with van der Waals surface area (Å²) >= 11 is 4.69. The Morgan fingerprint density at radius 3 is 2.82 bits per heavy atom. The van der Waals surface area contributed by atoms with Crippen LogP contribution in [0.1, 0.15) is 52.4 Å². The Bertz CT molecular complexity index is 594. The summed E-state index contributed by atoms with van der Waals surface area (Å²) in [6.45, 7) is 4.76. The fourth-order valence-corrected chi connectivity index (χ4v) is 6.54. The zero-order chi connectivity index (χ0) is 15.7. The molecule has 1 unspecified atom stereocenters. The number of hydrogen-bond acceptors (Lipinski definition) is 3. The van der Waals surface area contributed by atoms with Gasteiger partial charge in [-0.05, 0) is 54.3 Å². The van der Waals surface area contributed by atoms with Crippen LogP contribution in [0.15, 0.2) is 23.4 Å². The van der Waals surface area contributed by atoms with Gasteiger partial charge < -0.3 is 5.73 Å². The molecule has 2 nitrogen and oxygen atoms in total. The average molecular weight is 317 g/mol. The number of thiol groups is 1. The number of nitrogens with two attached hydrogens (primary N) is 1. The highest BCUT2D eigenvalue weighted by molar-refractivity contribution is 7.81. The smallest absolute Gasteiger partial charge is 0.146 e. The lowest BCUT2D eigenvalue weighted by atomic mass is 9.48. The summed E-state index contributed by atoms with van der Waals surface area (Å²) in [5.41, 5.74) is 9.06. The van der Waals surface area contributed by atoms with Crippen LogP contribution >= 0.6 is 12.6 Å². The molecule has 0 saturated heterocycles. The molecule has 3 heteroatoms. The molecule has 0 bridgehead atoms. The molecule has 0 spiro atoms. The van der Waals surface area contributed by atoms with Gasteiger partial charge >= 0.3 is 0 Å². The number of carbonyl (C=O) groups is 1. The fourth-order valence-electron chi connectivity index (χ4n) is 6.12. The zero-order valence-corrected chi connectivity index (χ0v) is 14.5. The molecule has 0 amide bonds. The number of Topliss-reactive ketones (excluding diaryl/α,β-unsaturated/α-hetero) is 1. The fraction of sp³-hybridized carbons (Fsp3) is 0.737. The van der Waals surface area contributed by atoms with Crippen LogP contribution in [0.2, 0.25) is 0 Å². The van der Waals surface area contributed by atoms with Crippen molar-refractivity contribution >= 4 is 18.4 Å². The Kier molecular flexibility index (Phi) is 3.15. The van der Waals surface area contributed by atoms with Crippen molar-refractivity contribution in [2.45, 2.75) is 57.6 Å². The van der Waals surface area contributed by atoms with Crippen molar-refractivity contribution in [1.29, 1.82) is 0 Å². The van der Waals surface area contributed by atoms with Gasteiger partial charge in [0.1, 0.15) is 5.78 Å². The van der Waals surface area contributed by atoms with Gasteiger partial charge in [0.15, 0.2) is 0 Å². The van der Waals surface area contributed by atoms with Gasteiger partial charge in [0.2, 0.25) is 0 Å². The van der Waals surface area contributed by atoms with Gasteiger partial charge in [0.25, 0.3) is 0 Å². The molecule has 4 rings (SSSR count). The van der Waals surface area contributed by atoms with Crippen molar-refractivity contribution < 1.29 is 4.79 Å². The second-order valence-electron chi connectivity index (χ2n) is 8.54. The molecule has 0 aliphatic heterocycles. The van der Waals surface area contributed by atoms with Gasteiger partial charge in [-0.3, -0.25) is 4.79 Å². The first-order chi connectivity index (χ1) is 10.4. The molecular weight excluding hydrogens is 290 g/mol. The molecule has 22 heavy (non-hydrogen) atoms. The van der Waals surface area contributed by atoms with Gasteiger partial charge in [-0.25, -0.2) is 0 Å². The number of ketones is 1. The van der Waals surface area contributed by atoms with Crippen LogP contribution in [0, 0.1) is 28.6 Å². The van der Waals surface area contributed by atoms with Gasteiger partial charge in [-0.15, -0.1) is 0 Å². The van der Waals surface area contributed by atoms with Crippen molar-refractivity contribution in [2.75, 3.05) is 0 Å². The average Bonchev–Trinajstić information content (AvgIpc) is 2.72. The first-order valence-corrected chi connectivity index (χ1v) is 9.23. The Labute approximate surface area is 139 Å². The molecule has 0 aromatic carbocycles. The van der Waals surface area contributed by atoms with E-state index >= 15 is 0 Å². The van der Waals surface area contributed by atoms with E-state index in [1.807, 2.05) is 0 Å². The highest BCUT2D eigenvalue weighted by atomic mass is 32.1. The molecule has 0 radical (unpaired) electrons. The van der Waals surface area contributed by atoms with Crippen molar-refractivity contribution in [2.24, 2.45) is 34.3 Å². The van der Waals surface area contributed by atoms with E-state index in [0.29, 0.717) is 23.5 Å². The Morgan fingerprint density at radius 2 is 2.05 bits per heavy atom. The topological polar surface area (TPSA) is 43.1 Å². The lowest BCUT2D eigenvalue weighted by Crippen LogP contribution is -2.49. The van der Waals surface area contributed by atoms with Crippen LogP contribution < -0.4 is 5.73 Å². The minimum atomic E-state index is -0.0430. The van der Waals surface area contributed by atoms with E-state index in [9.17, 15) is 4.79 Å². The Balaban J connectivity index is 1.71. The molecular formula is C19H27NOS. The second-order valence-corrected chi connectivity index (χ2v) is 9.05. The number of rotatable bonds is 0. The summed E-state index contributed by atoms with van der Waals surface area (Å²) in [7, 11) is 0. The highest BCUT2D eigenvalue weighted by Gasteiger charge is 2.59. The van der Waals surface area contributed by atoms with Crippen LogP contribution in [0.4, 0.5) is 0 Å². The van der Waals surface area contributed by atoms with Gasteiger partial charge in [0.05, 0.1) is 5.25 Å². The number of fused-ring (bicyclic) bond motifs is 5. The Hall–Kier alpha value is -0.700. The number of carbonyl (C=O) groups excluding carboxylic acids is 1. The maximum Gasteiger partial charge on any atom is 0.146 e. The second kappa shape index (κ2) is 4.66. The van der Waals surface area contributed by atoms with Gasteiger partial charge in [-0.2, -0.15) is 12.6 Å². The van der Waals surface area contributed by atoms with Crippen molar-refractivity contribution in [1.82, 2.24) is 0 Å². The van der Waals surface area contributed by atoms with Crippen LogP contribution in [-0.2, 0) is 4.79 Å². The summed E-state index contributed by atoms with van der Waals surface area (Å²) in [6, 6.07) is 0. The summed E-state index contributed by atoms with van der Waals surface area (Å²) in [5, 5.41) is -0.0430. The summed E-state index contributed by atoms with van der Waals surface area (Å²) < 4.78 is 0. The first kappa shape index (κ1) is 14.9. The molecule has 4 aliphatic carbocycles. The molecule has 2 fully saturated rings. The predicted octanol–water partition coefficient (Wildman–Crippen LogP) is 3.88. The van der Waals surface area contributed by atoms with Gasteiger partial charge in [-0.1, -0.05) is 31.6 Å². The van der Waals surface area contributed by atoms with Crippen molar-refractivity contribution in [3.05, 3.63) is 23.4 Å². The third-order valence-electron chi connectivity index (χ3n) is 7.60. The third kappa shape index (κ3) is 1.78. The molecule has 0 aromatic rings. The lowest BCUT2D eigenvalue weighted by molar-refractivity contribution is -0.117. The molecule has 6 atom stereocenters. The molecule has 0 heterocycles. The van der Waals surface area contributed by atoms with E-state index < -0.39 is 0 Å². The van der Waals surface area contributed by atoms with Gasteiger partial charge in [0, 0.05) is 18.5 Å². The van der Waals surface area contributed by atoms with Crippen LogP contribution in [0.25, 0.3) is 0 Å². The van der Waals surface area contributed by atoms with E-state index in [-0.39, 0.29) is 16.1 Å². The van der Waals surface area contributed by atoms with Crippen LogP contribution in [0.3, 0.4) is 0 Å². The lowest BCUT2D eigenvalue weighted by Gasteiger charge is -2.56. The minimum Gasteiger partial charge on any atom is -0.402 e. The quantitative estimate of drug-likeness (QED) is 0.526. The molecule has 2 N–H and O–H groups in total. The van der Waals surface area contributed by atoms with E-state index in [4.69, 9.17) is 5.73 Å². The van der Waals surface area contributed by atoms with Crippen LogP contribution in [-0.4, -0.2) is 11.0 Å². The van der Waals surface area contributed by atoms with E-state index in [2.05, 4.69) is 38.6 Å². The summed E-state index contributed by atoms with van der Waals surface area (Å²) in [6.07, 6.45) is 11.0. The maximum absolute atomic E-state index is 12.3. The van der Waals surface area contributed by atoms with Crippen molar-refractivity contribution in [3.63, 3.8) is 0 Å². The molecule has 0 aromatic heterocycles. The standard InChI is InChI=1S/C19H27NOS/c1-18-7-5-12(20)9-11(18)3-4-13-14(18)6-8-19(2)15(13)10-16(21)17(19)22/h3,5,13-15,17,22H,4,6-10,20H2,1-2H3/t13-,14-,15+,17?,18+,19+/m1/s1. The summed E-state index contributed by atoms with van der Waals surface area (Å²) in [4.78, 5) is 12.3. The first-order valence-electron chi connectivity index (χ1n) is 8.71. The predicted molar refractivity (Wildman–Crippen MR) is 92.5 cm³/mol. The largest absolute Gasteiger partial charge is 0.402 e. The van der Waals surface area contributed by atoms with E-state index in [0.717, 1.165) is 37.8 Å². The number of allylic oxidation sites excluding steroid dienone is 3. The van der Waals surface area contributed by atoms with Crippen molar-refractivity contribution in [3.8, 4) is 0 Å². The van der Waals surface area contributed by atoms with Crippen LogP contribution in [0.5, 0.6) is 0 Å². The Morgan fingerprint density at radius 1 is 1.27 bits per heavy atom. The molecule has 2 saturated carbocycles. The number of hydrogen-bond donors (Lipinski definition) is 2. The maximum atomic E-state index is 12.3. The normalized spacial score (nSPS) is 50.6. The highest BCUT2D eigenvalue weighted by Crippen LogP contribution is 2.64. The third-order valence-corrected chi connectivity index (χ3v) is 8.47. The SMILES string of the molecule is C[C@]12CC=C(N)CC1=CC[C@@H]1[C@H]2CC[C@]2(C)C(S)C(=O)C[C@@H]12. The minimum absolute atomic E-state index is 0.0430. The monoisotopic (exact) mass is 317 g/mol. The summed E-state index contributed by atoms with van der Waals surface area (Å²) in [5.74, 6) is 2.27. The zero-order valence-electron chi connectivity index (χ0n) is 13.6. The molecule has 4 aliphatic rings. The van der Waals surface area contributed by atoms with E-state index in [1.165, 1.54) is 6.42 Å².